The summed E-state index contributed by atoms with van der Waals surface area (Å²) in [5.41, 5.74) is 0.888. The number of sulfonamides is 1. The highest BCUT2D eigenvalue weighted by atomic mass is 35.5. The lowest BCUT2D eigenvalue weighted by molar-refractivity contribution is 0.391. The summed E-state index contributed by atoms with van der Waals surface area (Å²) in [4.78, 5) is 4.08. The van der Waals surface area contributed by atoms with Gasteiger partial charge < -0.3 is 13.9 Å². The molecule has 35 heavy (non-hydrogen) atoms. The van der Waals surface area contributed by atoms with Gasteiger partial charge in [-0.1, -0.05) is 17.7 Å². The standard InChI is InChI=1S/C22H19ClN6O5S/c1-32-17-5-3-6-18(33-2)20(17)29-21(19-7-4-9-34-19)26-27-22(29)28-35(30,31)10-8-16-14(12-24)11-15(23)13-25-16/h3-7,9,11,13H,8,10H2,1-2H3,(H,27,28). The molecule has 1 N–H and O–H groups in total. The second kappa shape index (κ2) is 10.0. The molecule has 11 nitrogen and oxygen atoms in total. The van der Waals surface area contributed by atoms with Crippen LogP contribution in [0.4, 0.5) is 5.95 Å². The van der Waals surface area contributed by atoms with Gasteiger partial charge >= 0.3 is 0 Å². The number of rotatable bonds is 9. The summed E-state index contributed by atoms with van der Waals surface area (Å²) < 4.78 is 46.4. The van der Waals surface area contributed by atoms with E-state index in [0.717, 1.165) is 0 Å². The Hall–Kier alpha value is -4.08. The summed E-state index contributed by atoms with van der Waals surface area (Å²) in [5.74, 6) is 0.871. The first-order valence-electron chi connectivity index (χ1n) is 10.1. The van der Waals surface area contributed by atoms with Gasteiger partial charge in [-0.3, -0.25) is 14.3 Å². The second-order valence-corrected chi connectivity index (χ2v) is 9.38. The number of nitriles is 1. The molecule has 0 radical (unpaired) electrons. The van der Waals surface area contributed by atoms with Crippen LogP contribution in [0.3, 0.4) is 0 Å². The van der Waals surface area contributed by atoms with Crippen molar-refractivity contribution in [3.05, 3.63) is 65.1 Å². The van der Waals surface area contributed by atoms with Crippen molar-refractivity contribution in [2.24, 2.45) is 0 Å². The van der Waals surface area contributed by atoms with Crippen LogP contribution in [0.15, 0.2) is 53.3 Å². The Kier molecular flexibility index (Phi) is 6.90. The van der Waals surface area contributed by atoms with Gasteiger partial charge in [-0.2, -0.15) is 5.26 Å². The van der Waals surface area contributed by atoms with E-state index in [2.05, 4.69) is 19.9 Å². The molecule has 13 heteroatoms. The van der Waals surface area contributed by atoms with Crippen molar-refractivity contribution in [2.45, 2.75) is 6.42 Å². The maximum Gasteiger partial charge on any atom is 0.243 e. The molecule has 0 saturated carbocycles. The molecule has 0 fully saturated rings. The molecule has 0 amide bonds. The van der Waals surface area contributed by atoms with Crippen molar-refractivity contribution in [3.8, 4) is 34.8 Å². The number of ether oxygens (including phenoxy) is 2. The van der Waals surface area contributed by atoms with E-state index in [9.17, 15) is 13.7 Å². The molecular weight excluding hydrogens is 496 g/mol. The Bertz CT molecular complexity index is 1470. The fourth-order valence-corrected chi connectivity index (χ4v) is 4.50. The van der Waals surface area contributed by atoms with Gasteiger partial charge in [-0.05, 0) is 30.3 Å². The molecule has 1 aromatic carbocycles. The Labute approximate surface area is 206 Å². The summed E-state index contributed by atoms with van der Waals surface area (Å²) in [6, 6.07) is 11.9. The van der Waals surface area contributed by atoms with E-state index < -0.39 is 10.0 Å². The van der Waals surface area contributed by atoms with Gasteiger partial charge in [-0.15, -0.1) is 10.2 Å². The summed E-state index contributed by atoms with van der Waals surface area (Å²) in [5, 5.41) is 17.8. The molecule has 0 saturated heterocycles. The quantitative estimate of drug-likeness (QED) is 0.355. The SMILES string of the molecule is COc1cccc(OC)c1-n1c(NS(=O)(=O)CCc2ncc(Cl)cc2C#N)nnc1-c1ccco1. The molecule has 0 aliphatic rings. The topological polar surface area (TPSA) is 145 Å². The van der Waals surface area contributed by atoms with Crippen LogP contribution in [0.25, 0.3) is 17.3 Å². The average molecular weight is 515 g/mol. The zero-order valence-electron chi connectivity index (χ0n) is 18.6. The van der Waals surface area contributed by atoms with Crippen LogP contribution in [-0.2, 0) is 16.4 Å². The molecular formula is C22H19ClN6O5S. The van der Waals surface area contributed by atoms with Crippen molar-refractivity contribution in [1.29, 1.82) is 5.26 Å². The maximum atomic E-state index is 13.0. The van der Waals surface area contributed by atoms with E-state index in [1.165, 1.54) is 37.3 Å². The highest BCUT2D eigenvalue weighted by Gasteiger charge is 2.26. The number of pyridine rings is 1. The Balaban J connectivity index is 1.73. The third-order valence-corrected chi connectivity index (χ3v) is 6.38. The zero-order chi connectivity index (χ0) is 25.0. The van der Waals surface area contributed by atoms with Gasteiger partial charge in [0.1, 0.15) is 23.3 Å². The molecule has 0 aliphatic carbocycles. The monoisotopic (exact) mass is 514 g/mol. The molecule has 0 atom stereocenters. The van der Waals surface area contributed by atoms with Gasteiger partial charge in [0.05, 0.1) is 42.5 Å². The van der Waals surface area contributed by atoms with E-state index >= 15 is 0 Å². The van der Waals surface area contributed by atoms with Crippen LogP contribution in [-0.4, -0.2) is 48.1 Å². The van der Waals surface area contributed by atoms with E-state index in [-0.39, 0.29) is 34.5 Å². The number of hydrogen-bond donors (Lipinski definition) is 1. The van der Waals surface area contributed by atoms with Crippen molar-refractivity contribution < 1.29 is 22.3 Å². The summed E-state index contributed by atoms with van der Waals surface area (Å²) in [6.45, 7) is 0. The fraction of sp³-hybridized carbons (Fsp3) is 0.182. The molecule has 3 aromatic heterocycles. The minimum Gasteiger partial charge on any atom is -0.494 e. The van der Waals surface area contributed by atoms with E-state index in [0.29, 0.717) is 28.6 Å². The van der Waals surface area contributed by atoms with E-state index in [1.54, 1.807) is 30.3 Å². The Morgan fingerprint density at radius 1 is 1.17 bits per heavy atom. The molecule has 0 unspecified atom stereocenters. The van der Waals surface area contributed by atoms with Crippen molar-refractivity contribution in [3.63, 3.8) is 0 Å². The molecule has 4 aromatic rings. The number of aryl methyl sites for hydroxylation is 1. The number of furan rings is 1. The highest BCUT2D eigenvalue weighted by molar-refractivity contribution is 7.92. The lowest BCUT2D eigenvalue weighted by Gasteiger charge is -2.17. The lowest BCUT2D eigenvalue weighted by Crippen LogP contribution is -2.21. The first kappa shape index (κ1) is 24.1. The molecule has 180 valence electrons. The third-order valence-electron chi connectivity index (χ3n) is 4.94. The predicted octanol–water partition coefficient (Wildman–Crippen LogP) is 3.45. The number of hydrogen-bond acceptors (Lipinski definition) is 9. The molecule has 4 rings (SSSR count). The van der Waals surface area contributed by atoms with Gasteiger partial charge in [0.25, 0.3) is 0 Å². The third kappa shape index (κ3) is 5.06. The van der Waals surface area contributed by atoms with Crippen LogP contribution in [0.5, 0.6) is 11.5 Å². The molecule has 0 aliphatic heterocycles. The van der Waals surface area contributed by atoms with Crippen LogP contribution in [0, 0.1) is 11.3 Å². The van der Waals surface area contributed by atoms with Gasteiger partial charge in [0.2, 0.25) is 21.8 Å². The number of anilines is 1. The number of halogens is 1. The van der Waals surface area contributed by atoms with Crippen molar-refractivity contribution in [2.75, 3.05) is 24.7 Å². The first-order valence-corrected chi connectivity index (χ1v) is 12.2. The largest absolute Gasteiger partial charge is 0.494 e. The van der Waals surface area contributed by atoms with Gasteiger partial charge in [-0.25, -0.2) is 8.42 Å². The van der Waals surface area contributed by atoms with Crippen LogP contribution in [0.1, 0.15) is 11.3 Å². The normalized spacial score (nSPS) is 11.1. The van der Waals surface area contributed by atoms with Crippen LogP contribution in [0.2, 0.25) is 5.02 Å². The molecule has 0 bridgehead atoms. The first-order chi connectivity index (χ1) is 16.9. The van der Waals surface area contributed by atoms with Crippen molar-refractivity contribution >= 4 is 27.6 Å². The summed E-state index contributed by atoms with van der Waals surface area (Å²) in [7, 11) is -1.01. The highest BCUT2D eigenvalue weighted by Crippen LogP contribution is 2.37. The minimum absolute atomic E-state index is 0.0213. The number of methoxy groups -OCH3 is 2. The van der Waals surface area contributed by atoms with Crippen LogP contribution < -0.4 is 14.2 Å². The Morgan fingerprint density at radius 2 is 1.91 bits per heavy atom. The maximum absolute atomic E-state index is 13.0. The smallest absolute Gasteiger partial charge is 0.243 e. The van der Waals surface area contributed by atoms with E-state index in [1.807, 2.05) is 6.07 Å². The van der Waals surface area contributed by atoms with Crippen molar-refractivity contribution in [1.82, 2.24) is 19.7 Å². The second-order valence-electron chi connectivity index (χ2n) is 7.10. The number of para-hydroxylation sites is 1. The molecule has 0 spiro atoms. The minimum atomic E-state index is -3.96. The lowest BCUT2D eigenvalue weighted by atomic mass is 10.2. The number of aromatic nitrogens is 4. The average Bonchev–Trinajstić information content (AvgIpc) is 3.52. The Morgan fingerprint density at radius 3 is 2.54 bits per heavy atom. The van der Waals surface area contributed by atoms with Crippen LogP contribution >= 0.6 is 11.6 Å². The number of nitrogens with zero attached hydrogens (tertiary/aromatic N) is 5. The predicted molar refractivity (Wildman–Crippen MR) is 127 cm³/mol. The number of benzene rings is 1. The summed E-state index contributed by atoms with van der Waals surface area (Å²) >= 11 is 5.87. The van der Waals surface area contributed by atoms with E-state index in [4.69, 9.17) is 25.5 Å². The van der Waals surface area contributed by atoms with Gasteiger partial charge in [0.15, 0.2) is 5.76 Å². The zero-order valence-corrected chi connectivity index (χ0v) is 20.2. The number of nitrogens with one attached hydrogen (secondary N) is 1. The van der Waals surface area contributed by atoms with Gasteiger partial charge in [0, 0.05) is 12.6 Å². The molecule has 3 heterocycles. The summed E-state index contributed by atoms with van der Waals surface area (Å²) in [6.07, 6.45) is 2.80. The fourth-order valence-electron chi connectivity index (χ4n) is 3.36.